The summed E-state index contributed by atoms with van der Waals surface area (Å²) in [7, 11) is 0. The predicted molar refractivity (Wildman–Crippen MR) is 281 cm³/mol. The Morgan fingerprint density at radius 1 is 0.706 bits per heavy atom. The average molecular weight is 1120 g/mol. The molecule has 0 aliphatic heterocycles. The number of aryl methyl sites for hydroxylation is 4. The molecule has 2 unspecified atom stereocenters. The summed E-state index contributed by atoms with van der Waals surface area (Å²) in [6.07, 6.45) is 16.5. The fourth-order valence-corrected chi connectivity index (χ4v) is 10.7. The Labute approximate surface area is 424 Å². The molecule has 4 aromatic carbocycles. The zero-order chi connectivity index (χ0) is 48.6. The second-order valence-electron chi connectivity index (χ2n) is 19.0. The number of phenols is 1. The van der Waals surface area contributed by atoms with Crippen molar-refractivity contribution >= 4 is 27.6 Å². The molecule has 2 heterocycles. The van der Waals surface area contributed by atoms with E-state index >= 15 is 0 Å². The Balaban J connectivity index is 0.000000235. The van der Waals surface area contributed by atoms with E-state index in [1.165, 1.54) is 123 Å². The van der Waals surface area contributed by atoms with Gasteiger partial charge in [-0.25, -0.2) is 11.3 Å². The van der Waals surface area contributed by atoms with Gasteiger partial charge in [-0.05, 0) is 108 Å². The molecule has 1 N–H and O–H groups in total. The maximum atomic E-state index is 12.4. The number of hydrogen-bond acceptors (Lipinski definition) is 4. The average Bonchev–Trinajstić information content (AvgIpc) is 3.86. The number of alkyl halides is 3. The number of aromatic hydroxyl groups is 1. The summed E-state index contributed by atoms with van der Waals surface area (Å²) < 4.78 is 38.4. The number of rotatable bonds is 19. The molecular formula is C60H76F3IrN2OS-. The molecule has 2 aromatic heterocycles. The van der Waals surface area contributed by atoms with Crippen LogP contribution in [0.5, 0.6) is 5.75 Å². The molecule has 2 atom stereocenters. The van der Waals surface area contributed by atoms with E-state index in [1.807, 2.05) is 50.2 Å². The van der Waals surface area contributed by atoms with Gasteiger partial charge in [-0.3, -0.25) is 4.99 Å². The van der Waals surface area contributed by atoms with Crippen molar-refractivity contribution in [3.8, 4) is 27.4 Å². The van der Waals surface area contributed by atoms with Crippen molar-refractivity contribution in [2.45, 2.75) is 164 Å². The van der Waals surface area contributed by atoms with Gasteiger partial charge in [-0.15, -0.1) is 23.6 Å². The standard InChI is InChI=1S/C31H46.C15H23NO.C14H7F3NS.Ir/c1-7-11-13-25(9-3)21-31(22-26(10-4)14-12-8-2)29-19-23(5)15-17-27(29)28-18-16-24(6)20-30(28)31;1-4-5-6-7-8-16-11-14-10-12(2)9-13(3)15(14)17;15-14(16,17)10-5-6-11(18-8-10)13-7-9-3-1-2-4-12(9)19-13;/h15-20,25-26H,7-14,21-22H2,1-6H3;9-11,17H,4-8H2,1-3H3;1-6,8H;/q;;-1;. The number of aliphatic imine (C=N–C) groups is 1. The summed E-state index contributed by atoms with van der Waals surface area (Å²) in [5.41, 5.74) is 12.0. The number of pyridine rings is 1. The molecule has 7 rings (SSSR count). The van der Waals surface area contributed by atoms with Gasteiger partial charge >= 0.3 is 6.18 Å². The fraction of sp³-hybridized carbons (Fsp3) is 0.467. The smallest absolute Gasteiger partial charge is 0.417 e. The van der Waals surface area contributed by atoms with Gasteiger partial charge in [0.05, 0.1) is 5.56 Å². The summed E-state index contributed by atoms with van der Waals surface area (Å²) in [5.74, 6) is 1.97. The molecule has 369 valence electrons. The minimum atomic E-state index is -4.35. The van der Waals surface area contributed by atoms with Crippen LogP contribution in [0, 0.1) is 45.6 Å². The molecule has 1 radical (unpaired) electrons. The first-order valence-electron chi connectivity index (χ1n) is 25.1. The Bertz CT molecular complexity index is 2390. The third-order valence-electron chi connectivity index (χ3n) is 13.5. The Kier molecular flexibility index (Phi) is 22.7. The van der Waals surface area contributed by atoms with Crippen molar-refractivity contribution < 1.29 is 38.4 Å². The minimum Gasteiger partial charge on any atom is -0.507 e. The number of hydrogen-bond donors (Lipinski definition) is 1. The number of aromatic nitrogens is 1. The summed E-state index contributed by atoms with van der Waals surface area (Å²) >= 11 is 1.46. The molecule has 0 fully saturated rings. The van der Waals surface area contributed by atoms with Crippen LogP contribution in [0.1, 0.15) is 169 Å². The van der Waals surface area contributed by atoms with E-state index in [4.69, 9.17) is 0 Å². The first-order chi connectivity index (χ1) is 32.2. The van der Waals surface area contributed by atoms with Crippen LogP contribution < -0.4 is 0 Å². The Morgan fingerprint density at radius 2 is 1.29 bits per heavy atom. The van der Waals surface area contributed by atoms with Crippen LogP contribution in [0.25, 0.3) is 31.8 Å². The molecule has 0 amide bonds. The van der Waals surface area contributed by atoms with Gasteiger partial charge in [0.2, 0.25) is 0 Å². The van der Waals surface area contributed by atoms with Crippen molar-refractivity contribution in [3.05, 3.63) is 142 Å². The molecule has 6 aromatic rings. The minimum absolute atomic E-state index is 0. The topological polar surface area (TPSA) is 45.5 Å². The Hall–Kier alpha value is -4.10. The van der Waals surface area contributed by atoms with Gasteiger partial charge in [0, 0.05) is 55.7 Å². The molecule has 0 saturated heterocycles. The summed E-state index contributed by atoms with van der Waals surface area (Å²) in [6.45, 7) is 21.1. The van der Waals surface area contributed by atoms with E-state index in [0.29, 0.717) is 11.4 Å². The number of benzene rings is 4. The van der Waals surface area contributed by atoms with Gasteiger partial charge in [-0.2, -0.15) is 13.2 Å². The number of thiophene rings is 1. The van der Waals surface area contributed by atoms with Crippen molar-refractivity contribution in [1.29, 1.82) is 0 Å². The summed E-state index contributed by atoms with van der Waals surface area (Å²) in [5, 5.41) is 10.8. The third kappa shape index (κ3) is 15.2. The van der Waals surface area contributed by atoms with Crippen molar-refractivity contribution in [3.63, 3.8) is 0 Å². The van der Waals surface area contributed by atoms with E-state index in [0.717, 1.165) is 68.7 Å². The first kappa shape index (κ1) is 56.5. The molecule has 8 heteroatoms. The van der Waals surface area contributed by atoms with Crippen LogP contribution in [0.15, 0.2) is 96.1 Å². The molecule has 1 aliphatic carbocycles. The number of fused-ring (bicyclic) bond motifs is 4. The SMILES string of the molecule is CCCCC(CC)CC1(CC(CC)CCCC)c2cc(C)ccc2-c2ccc(C)cc21.CCCCCCN=Cc1cc(C)cc(C)c1O.FC(F)(F)c1ccc(-c2[c-]c3ccccc3s2)nc1.[Ir]. The molecule has 3 nitrogen and oxygen atoms in total. The van der Waals surface area contributed by atoms with E-state index in [2.05, 4.69) is 101 Å². The van der Waals surface area contributed by atoms with E-state index in [9.17, 15) is 18.3 Å². The molecule has 1 aliphatic rings. The van der Waals surface area contributed by atoms with Gasteiger partial charge in [-0.1, -0.05) is 183 Å². The van der Waals surface area contributed by atoms with Crippen LogP contribution in [-0.4, -0.2) is 22.8 Å². The third-order valence-corrected chi connectivity index (χ3v) is 14.6. The van der Waals surface area contributed by atoms with Crippen molar-refractivity contribution in [2.75, 3.05) is 6.54 Å². The molecule has 0 saturated carbocycles. The fourth-order valence-electron chi connectivity index (χ4n) is 9.73. The van der Waals surface area contributed by atoms with Crippen LogP contribution in [0.2, 0.25) is 0 Å². The van der Waals surface area contributed by atoms with Crippen molar-refractivity contribution in [2.24, 2.45) is 16.8 Å². The zero-order valence-electron chi connectivity index (χ0n) is 42.2. The number of halogens is 3. The van der Waals surface area contributed by atoms with Crippen LogP contribution in [0.3, 0.4) is 0 Å². The van der Waals surface area contributed by atoms with Crippen LogP contribution in [-0.2, 0) is 31.7 Å². The Morgan fingerprint density at radius 3 is 1.81 bits per heavy atom. The molecular weight excluding hydrogens is 1050 g/mol. The first-order valence-corrected chi connectivity index (χ1v) is 26.0. The van der Waals surface area contributed by atoms with E-state index in [1.54, 1.807) is 17.3 Å². The number of nitrogens with zero attached hydrogens (tertiary/aromatic N) is 2. The van der Waals surface area contributed by atoms with Gasteiger partial charge in [0.15, 0.2) is 0 Å². The quantitative estimate of drug-likeness (QED) is 0.0499. The number of unbranched alkanes of at least 4 members (excludes halogenated alkanes) is 5. The maximum absolute atomic E-state index is 12.4. The largest absolute Gasteiger partial charge is 0.507 e. The summed E-state index contributed by atoms with van der Waals surface area (Å²) in [4.78, 5) is 8.99. The van der Waals surface area contributed by atoms with Crippen molar-refractivity contribution in [1.82, 2.24) is 4.98 Å². The second-order valence-corrected chi connectivity index (χ2v) is 20.1. The predicted octanol–water partition coefficient (Wildman–Crippen LogP) is 18.6. The molecule has 0 bridgehead atoms. The van der Waals surface area contributed by atoms with Gasteiger partial charge < -0.3 is 10.1 Å². The molecule has 0 spiro atoms. The van der Waals surface area contributed by atoms with Crippen LogP contribution in [0.4, 0.5) is 13.2 Å². The second kappa shape index (κ2) is 27.3. The maximum Gasteiger partial charge on any atom is 0.417 e. The normalized spacial score (nSPS) is 13.5. The summed E-state index contributed by atoms with van der Waals surface area (Å²) in [6, 6.07) is 31.8. The van der Waals surface area contributed by atoms with E-state index < -0.39 is 11.7 Å². The molecule has 68 heavy (non-hydrogen) atoms. The zero-order valence-corrected chi connectivity index (χ0v) is 45.4. The number of phenolic OH excluding ortho intramolecular Hbond substituents is 1. The van der Waals surface area contributed by atoms with Gasteiger partial charge in [0.1, 0.15) is 5.75 Å². The van der Waals surface area contributed by atoms with Crippen LogP contribution >= 0.6 is 11.3 Å². The van der Waals surface area contributed by atoms with Gasteiger partial charge in [0.25, 0.3) is 0 Å². The van der Waals surface area contributed by atoms with E-state index in [-0.39, 0.29) is 25.5 Å². The monoisotopic (exact) mass is 1120 g/mol.